The van der Waals surface area contributed by atoms with Crippen LogP contribution >= 0.6 is 0 Å². The fourth-order valence-electron chi connectivity index (χ4n) is 2.17. The van der Waals surface area contributed by atoms with Crippen molar-refractivity contribution in [3.63, 3.8) is 0 Å². The first kappa shape index (κ1) is 13.1. The molecule has 5 heteroatoms. The summed E-state index contributed by atoms with van der Waals surface area (Å²) in [5.74, 6) is 0.464. The number of aromatic nitrogens is 2. The molecule has 0 aromatic carbocycles. The van der Waals surface area contributed by atoms with Crippen molar-refractivity contribution < 1.29 is 0 Å². The van der Waals surface area contributed by atoms with Crippen molar-refractivity contribution in [3.05, 3.63) is 22.7 Å². The summed E-state index contributed by atoms with van der Waals surface area (Å²) in [5, 5.41) is 3.15. The lowest BCUT2D eigenvalue weighted by Gasteiger charge is -2.19. The Balaban J connectivity index is 1.88. The molecule has 0 atom stereocenters. The Bertz CT molecular complexity index is 439. The van der Waals surface area contributed by atoms with E-state index in [4.69, 9.17) is 0 Å². The summed E-state index contributed by atoms with van der Waals surface area (Å²) in [6.45, 7) is 7.65. The van der Waals surface area contributed by atoms with Gasteiger partial charge in [-0.25, -0.2) is 4.98 Å². The van der Waals surface area contributed by atoms with E-state index in [-0.39, 0.29) is 5.56 Å². The van der Waals surface area contributed by atoms with Gasteiger partial charge in [-0.1, -0.05) is 6.92 Å². The van der Waals surface area contributed by atoms with Crippen LogP contribution in [0, 0.1) is 0 Å². The minimum atomic E-state index is -0.0329. The van der Waals surface area contributed by atoms with Crippen LogP contribution in [0.15, 0.2) is 17.2 Å². The minimum absolute atomic E-state index is 0.0329. The lowest BCUT2D eigenvalue weighted by molar-refractivity contribution is 0.289. The zero-order valence-electron chi connectivity index (χ0n) is 11.2. The third-order valence-electron chi connectivity index (χ3n) is 3.42. The molecule has 1 fully saturated rings. The van der Waals surface area contributed by atoms with E-state index < -0.39 is 0 Å². The summed E-state index contributed by atoms with van der Waals surface area (Å²) >= 11 is 0. The summed E-state index contributed by atoms with van der Waals surface area (Å²) in [6.07, 6.45) is 6.03. The molecule has 1 aromatic rings. The van der Waals surface area contributed by atoms with Gasteiger partial charge in [-0.05, 0) is 26.3 Å². The molecular formula is C13H22N4O. The van der Waals surface area contributed by atoms with Crippen LogP contribution in [-0.2, 0) is 6.54 Å². The molecule has 0 saturated heterocycles. The van der Waals surface area contributed by atoms with Gasteiger partial charge in [-0.15, -0.1) is 0 Å². The maximum absolute atomic E-state index is 11.9. The van der Waals surface area contributed by atoms with E-state index in [1.807, 2.05) is 6.92 Å². The van der Waals surface area contributed by atoms with Crippen molar-refractivity contribution in [2.45, 2.75) is 39.3 Å². The summed E-state index contributed by atoms with van der Waals surface area (Å²) < 4.78 is 1.66. The average Bonchev–Trinajstić information content (AvgIpc) is 3.21. The van der Waals surface area contributed by atoms with E-state index >= 15 is 0 Å². The van der Waals surface area contributed by atoms with Crippen LogP contribution in [-0.4, -0.2) is 40.1 Å². The second-order valence-electron chi connectivity index (χ2n) is 4.65. The molecule has 0 radical (unpaired) electrons. The first-order chi connectivity index (χ1) is 8.76. The first-order valence-corrected chi connectivity index (χ1v) is 6.79. The van der Waals surface area contributed by atoms with Crippen LogP contribution < -0.4 is 10.9 Å². The van der Waals surface area contributed by atoms with Crippen molar-refractivity contribution in [1.82, 2.24) is 14.5 Å². The molecular weight excluding hydrogens is 228 g/mol. The van der Waals surface area contributed by atoms with Crippen LogP contribution in [0.25, 0.3) is 0 Å². The maximum atomic E-state index is 11.9. The predicted octanol–water partition coefficient (Wildman–Crippen LogP) is 1.16. The van der Waals surface area contributed by atoms with E-state index in [1.165, 1.54) is 12.8 Å². The van der Waals surface area contributed by atoms with Gasteiger partial charge in [0, 0.05) is 38.1 Å². The smallest absolute Gasteiger partial charge is 0.293 e. The summed E-state index contributed by atoms with van der Waals surface area (Å²) in [6, 6.07) is 0.771. The van der Waals surface area contributed by atoms with E-state index in [0.717, 1.165) is 25.7 Å². The summed E-state index contributed by atoms with van der Waals surface area (Å²) in [4.78, 5) is 18.5. The molecule has 0 spiro atoms. The number of nitrogens with zero attached hydrogens (tertiary/aromatic N) is 3. The molecule has 0 unspecified atom stereocenters. The molecule has 0 bridgehead atoms. The standard InChI is InChI=1S/C13H22N4O/c1-3-16(11-5-6-11)9-7-14-12-13(18)17(4-2)10-8-15-12/h8,10-11H,3-7,9H2,1-2H3,(H,14,15). The number of rotatable bonds is 7. The van der Waals surface area contributed by atoms with E-state index in [1.54, 1.807) is 17.0 Å². The highest BCUT2D eigenvalue weighted by Gasteiger charge is 2.27. The Kier molecular flexibility index (Phi) is 4.36. The second kappa shape index (κ2) is 6.00. The summed E-state index contributed by atoms with van der Waals surface area (Å²) in [7, 11) is 0. The third-order valence-corrected chi connectivity index (χ3v) is 3.42. The van der Waals surface area contributed by atoms with E-state index in [9.17, 15) is 4.79 Å². The topological polar surface area (TPSA) is 50.2 Å². The van der Waals surface area contributed by atoms with Crippen LogP contribution in [0.2, 0.25) is 0 Å². The zero-order valence-corrected chi connectivity index (χ0v) is 11.2. The lowest BCUT2D eigenvalue weighted by atomic mass is 10.4. The largest absolute Gasteiger partial charge is 0.364 e. The Labute approximate surface area is 108 Å². The molecule has 0 amide bonds. The number of likely N-dealkylation sites (N-methyl/N-ethyl adjacent to an activating group) is 1. The molecule has 1 aromatic heterocycles. The van der Waals surface area contributed by atoms with Gasteiger partial charge in [-0.3, -0.25) is 9.69 Å². The number of nitrogens with one attached hydrogen (secondary N) is 1. The van der Waals surface area contributed by atoms with Crippen molar-refractivity contribution in [2.24, 2.45) is 0 Å². The van der Waals surface area contributed by atoms with Gasteiger partial charge in [0.2, 0.25) is 0 Å². The molecule has 1 saturated carbocycles. The molecule has 0 aliphatic heterocycles. The maximum Gasteiger partial charge on any atom is 0.293 e. The van der Waals surface area contributed by atoms with Gasteiger partial charge in [0.05, 0.1) is 0 Å². The van der Waals surface area contributed by atoms with Crippen LogP contribution in [0.1, 0.15) is 26.7 Å². The number of hydrogen-bond acceptors (Lipinski definition) is 4. The molecule has 1 heterocycles. The van der Waals surface area contributed by atoms with Crippen molar-refractivity contribution in [2.75, 3.05) is 25.0 Å². The van der Waals surface area contributed by atoms with Crippen molar-refractivity contribution in [1.29, 1.82) is 0 Å². The predicted molar refractivity (Wildman–Crippen MR) is 72.9 cm³/mol. The van der Waals surface area contributed by atoms with Gasteiger partial charge in [0.15, 0.2) is 5.82 Å². The molecule has 1 aliphatic rings. The number of aryl methyl sites for hydroxylation is 1. The molecule has 100 valence electrons. The first-order valence-electron chi connectivity index (χ1n) is 6.79. The van der Waals surface area contributed by atoms with Crippen molar-refractivity contribution in [3.8, 4) is 0 Å². The van der Waals surface area contributed by atoms with Crippen LogP contribution in [0.3, 0.4) is 0 Å². The normalized spacial score (nSPS) is 15.1. The van der Waals surface area contributed by atoms with Gasteiger partial charge < -0.3 is 9.88 Å². The fourth-order valence-corrected chi connectivity index (χ4v) is 2.17. The quantitative estimate of drug-likeness (QED) is 0.789. The minimum Gasteiger partial charge on any atom is -0.364 e. The molecule has 1 aliphatic carbocycles. The highest BCUT2D eigenvalue weighted by molar-refractivity contribution is 5.30. The van der Waals surface area contributed by atoms with E-state index in [0.29, 0.717) is 12.4 Å². The van der Waals surface area contributed by atoms with Crippen LogP contribution in [0.4, 0.5) is 5.82 Å². The second-order valence-corrected chi connectivity index (χ2v) is 4.65. The van der Waals surface area contributed by atoms with Crippen molar-refractivity contribution >= 4 is 5.82 Å². The molecule has 18 heavy (non-hydrogen) atoms. The highest BCUT2D eigenvalue weighted by atomic mass is 16.1. The number of hydrogen-bond donors (Lipinski definition) is 1. The van der Waals surface area contributed by atoms with Gasteiger partial charge in [-0.2, -0.15) is 0 Å². The monoisotopic (exact) mass is 250 g/mol. The Morgan fingerprint density at radius 2 is 2.28 bits per heavy atom. The lowest BCUT2D eigenvalue weighted by Crippen LogP contribution is -2.32. The van der Waals surface area contributed by atoms with Gasteiger partial charge in [0.1, 0.15) is 0 Å². The number of anilines is 1. The SMILES string of the molecule is CCN(CCNc1nccn(CC)c1=O)C1CC1. The molecule has 5 nitrogen and oxygen atoms in total. The fraction of sp³-hybridized carbons (Fsp3) is 0.692. The molecule has 2 rings (SSSR count). The van der Waals surface area contributed by atoms with E-state index in [2.05, 4.69) is 22.1 Å². The van der Waals surface area contributed by atoms with Gasteiger partial charge >= 0.3 is 0 Å². The summed E-state index contributed by atoms with van der Waals surface area (Å²) in [5.41, 5.74) is -0.0329. The van der Waals surface area contributed by atoms with Gasteiger partial charge in [0.25, 0.3) is 5.56 Å². The zero-order chi connectivity index (χ0) is 13.0. The highest BCUT2D eigenvalue weighted by Crippen LogP contribution is 2.25. The third kappa shape index (κ3) is 3.10. The average molecular weight is 250 g/mol. The Morgan fingerprint density at radius 1 is 1.50 bits per heavy atom. The Hall–Kier alpha value is -1.36. The van der Waals surface area contributed by atoms with Crippen LogP contribution in [0.5, 0.6) is 0 Å². The molecule has 1 N–H and O–H groups in total. The Morgan fingerprint density at radius 3 is 2.89 bits per heavy atom.